The van der Waals surface area contributed by atoms with Crippen LogP contribution < -0.4 is 5.32 Å². The molecule has 0 fully saturated rings. The first-order valence-corrected chi connectivity index (χ1v) is 9.12. The standard InChI is InChI=1S/C16H17ClF3N3O2S/c1-3-23(4-2)15-22-14(25)12(26-15)8-13(24)21-9-5-6-11(17)10(7-9)16(18,19)20/h5-7,12H,3-4,8H2,1-2H3,(H,21,24)/t12-/m1/s1. The van der Waals surface area contributed by atoms with Crippen LogP contribution in [0.3, 0.4) is 0 Å². The molecule has 0 aromatic heterocycles. The lowest BCUT2D eigenvalue weighted by Gasteiger charge is -2.19. The molecule has 10 heteroatoms. The average molecular weight is 408 g/mol. The Balaban J connectivity index is 2.01. The Hall–Kier alpha value is -1.74. The Kier molecular flexibility index (Phi) is 6.57. The second kappa shape index (κ2) is 8.30. The number of alkyl halides is 3. The molecule has 142 valence electrons. The number of rotatable bonds is 5. The molecular formula is C16H17ClF3N3O2S. The number of halogens is 4. The predicted molar refractivity (Wildman–Crippen MR) is 96.4 cm³/mol. The maximum absolute atomic E-state index is 12.9. The van der Waals surface area contributed by atoms with E-state index in [0.29, 0.717) is 18.3 Å². The molecule has 0 aliphatic carbocycles. The third kappa shape index (κ3) is 4.91. The van der Waals surface area contributed by atoms with Gasteiger partial charge in [0.2, 0.25) is 5.91 Å². The molecule has 1 heterocycles. The minimum atomic E-state index is -4.62. The maximum atomic E-state index is 12.9. The van der Waals surface area contributed by atoms with Crippen LogP contribution >= 0.6 is 23.4 Å². The van der Waals surface area contributed by atoms with Gasteiger partial charge in [0, 0.05) is 25.2 Å². The van der Waals surface area contributed by atoms with Crippen molar-refractivity contribution in [3.8, 4) is 0 Å². The number of carbonyl (C=O) groups excluding carboxylic acids is 2. The summed E-state index contributed by atoms with van der Waals surface area (Å²) >= 11 is 6.74. The highest BCUT2D eigenvalue weighted by atomic mass is 35.5. The van der Waals surface area contributed by atoms with Gasteiger partial charge in [-0.3, -0.25) is 9.59 Å². The van der Waals surface area contributed by atoms with E-state index in [-0.39, 0.29) is 12.1 Å². The van der Waals surface area contributed by atoms with Gasteiger partial charge in [0.1, 0.15) is 5.25 Å². The van der Waals surface area contributed by atoms with Gasteiger partial charge < -0.3 is 10.2 Å². The molecule has 1 N–H and O–H groups in total. The van der Waals surface area contributed by atoms with Crippen LogP contribution in [0.5, 0.6) is 0 Å². The number of anilines is 1. The number of benzene rings is 1. The van der Waals surface area contributed by atoms with Crippen LogP contribution in [0.1, 0.15) is 25.8 Å². The largest absolute Gasteiger partial charge is 0.417 e. The molecule has 0 unspecified atom stereocenters. The van der Waals surface area contributed by atoms with Crippen LogP contribution in [0.15, 0.2) is 23.2 Å². The van der Waals surface area contributed by atoms with Gasteiger partial charge in [0.25, 0.3) is 5.91 Å². The van der Waals surface area contributed by atoms with E-state index in [4.69, 9.17) is 11.6 Å². The summed E-state index contributed by atoms with van der Waals surface area (Å²) in [6, 6.07) is 3.11. The smallest absolute Gasteiger partial charge is 0.352 e. The van der Waals surface area contributed by atoms with Crippen LogP contribution in [0.4, 0.5) is 18.9 Å². The fraction of sp³-hybridized carbons (Fsp3) is 0.438. The van der Waals surface area contributed by atoms with Gasteiger partial charge >= 0.3 is 6.18 Å². The normalized spacial score (nSPS) is 17.2. The van der Waals surface area contributed by atoms with E-state index in [1.54, 1.807) is 0 Å². The Bertz CT molecular complexity index is 736. The molecule has 0 saturated heterocycles. The molecule has 1 aromatic rings. The Morgan fingerprint density at radius 3 is 2.58 bits per heavy atom. The summed E-state index contributed by atoms with van der Waals surface area (Å²) in [5, 5.41) is 1.80. The number of amides is 2. The highest BCUT2D eigenvalue weighted by molar-refractivity contribution is 8.15. The van der Waals surface area contributed by atoms with Gasteiger partial charge in [0.05, 0.1) is 10.6 Å². The Morgan fingerprint density at radius 2 is 2.00 bits per heavy atom. The first-order chi connectivity index (χ1) is 12.2. The maximum Gasteiger partial charge on any atom is 0.417 e. The Labute approximate surface area is 158 Å². The monoisotopic (exact) mass is 407 g/mol. The van der Waals surface area contributed by atoms with E-state index in [1.807, 2.05) is 18.7 Å². The minimum Gasteiger partial charge on any atom is -0.352 e. The van der Waals surface area contributed by atoms with Crippen LogP contribution in [-0.2, 0) is 15.8 Å². The number of aliphatic imine (C=N–C) groups is 1. The lowest BCUT2D eigenvalue weighted by atomic mass is 10.2. The molecule has 0 spiro atoms. The van der Waals surface area contributed by atoms with E-state index in [1.165, 1.54) is 17.8 Å². The number of amidine groups is 1. The van der Waals surface area contributed by atoms with E-state index in [2.05, 4.69) is 10.3 Å². The molecule has 1 aliphatic heterocycles. The topological polar surface area (TPSA) is 61.8 Å². The summed E-state index contributed by atoms with van der Waals surface area (Å²) in [5.74, 6) is -0.985. The van der Waals surface area contributed by atoms with Crippen molar-refractivity contribution < 1.29 is 22.8 Å². The van der Waals surface area contributed by atoms with Crippen LogP contribution in [-0.4, -0.2) is 40.2 Å². The first kappa shape index (κ1) is 20.6. The van der Waals surface area contributed by atoms with Gasteiger partial charge in [-0.1, -0.05) is 23.4 Å². The van der Waals surface area contributed by atoms with Crippen molar-refractivity contribution in [2.45, 2.75) is 31.7 Å². The summed E-state index contributed by atoms with van der Waals surface area (Å²) < 4.78 is 38.6. The van der Waals surface area contributed by atoms with E-state index in [9.17, 15) is 22.8 Å². The number of nitrogens with zero attached hydrogens (tertiary/aromatic N) is 2. The molecule has 0 radical (unpaired) electrons. The molecule has 2 rings (SSSR count). The predicted octanol–water partition coefficient (Wildman–Crippen LogP) is 4.03. The lowest BCUT2D eigenvalue weighted by Crippen LogP contribution is -2.27. The zero-order valence-electron chi connectivity index (χ0n) is 14.1. The fourth-order valence-corrected chi connectivity index (χ4v) is 3.76. The molecule has 2 amide bonds. The molecule has 5 nitrogen and oxygen atoms in total. The molecular weight excluding hydrogens is 391 g/mol. The number of hydrogen-bond acceptors (Lipinski definition) is 4. The minimum absolute atomic E-state index is 0.0351. The number of thioether (sulfide) groups is 1. The van der Waals surface area contributed by atoms with Crippen LogP contribution in [0.25, 0.3) is 0 Å². The van der Waals surface area contributed by atoms with Crippen molar-refractivity contribution in [1.82, 2.24) is 4.90 Å². The molecule has 0 bridgehead atoms. The SMILES string of the molecule is CCN(CC)C1=NC(=O)[C@@H](CC(=O)Nc2ccc(Cl)c(C(F)(F)F)c2)S1. The van der Waals surface area contributed by atoms with Gasteiger partial charge in [-0.2, -0.15) is 18.2 Å². The van der Waals surface area contributed by atoms with Gasteiger partial charge in [0.15, 0.2) is 5.17 Å². The van der Waals surface area contributed by atoms with Gasteiger partial charge in [-0.25, -0.2) is 0 Å². The summed E-state index contributed by atoms with van der Waals surface area (Å²) in [4.78, 5) is 29.9. The summed E-state index contributed by atoms with van der Waals surface area (Å²) in [6.07, 6.45) is -4.80. The van der Waals surface area contributed by atoms with Crippen molar-refractivity contribution in [2.24, 2.45) is 4.99 Å². The quantitative estimate of drug-likeness (QED) is 0.800. The second-order valence-corrected chi connectivity index (χ2v) is 7.03. The summed E-state index contributed by atoms with van der Waals surface area (Å²) in [6.45, 7) is 5.21. The zero-order valence-corrected chi connectivity index (χ0v) is 15.6. The van der Waals surface area contributed by atoms with E-state index >= 15 is 0 Å². The highest BCUT2D eigenvalue weighted by Crippen LogP contribution is 2.36. The van der Waals surface area contributed by atoms with E-state index < -0.39 is 33.8 Å². The van der Waals surface area contributed by atoms with Crippen molar-refractivity contribution in [3.05, 3.63) is 28.8 Å². The van der Waals surface area contributed by atoms with Crippen LogP contribution in [0.2, 0.25) is 5.02 Å². The second-order valence-electron chi connectivity index (χ2n) is 5.46. The number of nitrogens with one attached hydrogen (secondary N) is 1. The van der Waals surface area contributed by atoms with Crippen molar-refractivity contribution in [2.75, 3.05) is 18.4 Å². The summed E-state index contributed by atoms with van der Waals surface area (Å²) in [5.41, 5.74) is -1.07. The van der Waals surface area contributed by atoms with Gasteiger partial charge in [-0.15, -0.1) is 0 Å². The third-order valence-corrected chi connectivity index (χ3v) is 5.23. The number of hydrogen-bond donors (Lipinski definition) is 1. The summed E-state index contributed by atoms with van der Waals surface area (Å²) in [7, 11) is 0. The first-order valence-electron chi connectivity index (χ1n) is 7.86. The molecule has 0 saturated carbocycles. The van der Waals surface area contributed by atoms with Crippen molar-refractivity contribution >= 4 is 46.0 Å². The fourth-order valence-electron chi connectivity index (χ4n) is 2.34. The average Bonchev–Trinajstić information content (AvgIpc) is 2.90. The van der Waals surface area contributed by atoms with Crippen LogP contribution in [0, 0.1) is 0 Å². The molecule has 1 aromatic carbocycles. The van der Waals surface area contributed by atoms with Gasteiger partial charge in [-0.05, 0) is 32.0 Å². The van der Waals surface area contributed by atoms with E-state index in [0.717, 1.165) is 12.1 Å². The highest BCUT2D eigenvalue weighted by Gasteiger charge is 2.34. The molecule has 1 atom stereocenters. The lowest BCUT2D eigenvalue weighted by molar-refractivity contribution is -0.137. The third-order valence-electron chi connectivity index (χ3n) is 3.69. The molecule has 1 aliphatic rings. The van der Waals surface area contributed by atoms with Crippen molar-refractivity contribution in [3.63, 3.8) is 0 Å². The zero-order chi connectivity index (χ0) is 19.5. The number of carbonyl (C=O) groups is 2. The Morgan fingerprint density at radius 1 is 1.35 bits per heavy atom. The van der Waals surface area contributed by atoms with Crippen molar-refractivity contribution in [1.29, 1.82) is 0 Å². The molecule has 26 heavy (non-hydrogen) atoms.